The van der Waals surface area contributed by atoms with Crippen molar-refractivity contribution in [3.8, 4) is 0 Å². The normalized spacial score (nSPS) is 14.9. The summed E-state index contributed by atoms with van der Waals surface area (Å²) in [6.45, 7) is 3.40. The van der Waals surface area contributed by atoms with Crippen LogP contribution in [0.5, 0.6) is 0 Å². The number of aryl methyl sites for hydroxylation is 1. The Hall–Kier alpha value is -2.14. The van der Waals surface area contributed by atoms with E-state index in [9.17, 15) is 0 Å². The van der Waals surface area contributed by atoms with Crippen molar-refractivity contribution >= 4 is 10.9 Å². The van der Waals surface area contributed by atoms with Crippen molar-refractivity contribution in [3.05, 3.63) is 47.7 Å². The van der Waals surface area contributed by atoms with E-state index in [0.717, 1.165) is 12.6 Å². The second-order valence-corrected chi connectivity index (χ2v) is 5.73. The molecule has 4 rings (SSSR count). The lowest BCUT2D eigenvalue weighted by Gasteiger charge is -2.05. The third-order valence-corrected chi connectivity index (χ3v) is 3.88. The van der Waals surface area contributed by atoms with Crippen molar-refractivity contribution in [1.82, 2.24) is 20.0 Å². The summed E-state index contributed by atoms with van der Waals surface area (Å²) in [7, 11) is 0. The van der Waals surface area contributed by atoms with Crippen molar-refractivity contribution in [2.24, 2.45) is 0 Å². The molecule has 0 radical (unpaired) electrons. The predicted molar refractivity (Wildman–Crippen MR) is 79.9 cm³/mol. The van der Waals surface area contributed by atoms with E-state index in [1.54, 1.807) is 0 Å². The highest BCUT2D eigenvalue weighted by atomic mass is 16.5. The number of hydrogen-bond acceptors (Lipinski definition) is 4. The van der Waals surface area contributed by atoms with Crippen LogP contribution in [-0.4, -0.2) is 20.7 Å². The second kappa shape index (κ2) is 5.00. The topological polar surface area (TPSA) is 55.9 Å². The molecule has 1 N–H and O–H groups in total. The van der Waals surface area contributed by atoms with Crippen LogP contribution >= 0.6 is 0 Å². The van der Waals surface area contributed by atoms with Gasteiger partial charge in [-0.15, -0.1) is 0 Å². The molecule has 3 aromatic rings. The van der Waals surface area contributed by atoms with Crippen LogP contribution in [0.3, 0.4) is 0 Å². The first-order valence-corrected chi connectivity index (χ1v) is 7.38. The van der Waals surface area contributed by atoms with Gasteiger partial charge in [-0.2, -0.15) is 4.98 Å². The zero-order chi connectivity index (χ0) is 14.2. The summed E-state index contributed by atoms with van der Waals surface area (Å²) in [5.74, 6) is 1.32. The lowest BCUT2D eigenvalue weighted by molar-refractivity contribution is 0.369. The van der Waals surface area contributed by atoms with Crippen molar-refractivity contribution in [1.29, 1.82) is 0 Å². The van der Waals surface area contributed by atoms with Gasteiger partial charge in [-0.3, -0.25) is 0 Å². The molecule has 2 heterocycles. The van der Waals surface area contributed by atoms with E-state index in [1.165, 1.54) is 29.3 Å². The Morgan fingerprint density at radius 2 is 2.24 bits per heavy atom. The van der Waals surface area contributed by atoms with Crippen LogP contribution in [0.25, 0.3) is 10.9 Å². The van der Waals surface area contributed by atoms with Gasteiger partial charge in [0.1, 0.15) is 6.54 Å². The quantitative estimate of drug-likeness (QED) is 0.781. The molecule has 1 aliphatic rings. The molecule has 0 aliphatic heterocycles. The van der Waals surface area contributed by atoms with Crippen molar-refractivity contribution in [2.45, 2.75) is 38.9 Å². The van der Waals surface area contributed by atoms with Gasteiger partial charge in [0.15, 0.2) is 5.82 Å². The van der Waals surface area contributed by atoms with E-state index in [-0.39, 0.29) is 0 Å². The predicted octanol–water partition coefficient (Wildman–Crippen LogP) is 2.63. The molecule has 108 valence electrons. The lowest BCUT2D eigenvalue weighted by atomic mass is 10.1. The summed E-state index contributed by atoms with van der Waals surface area (Å²) < 4.78 is 7.33. The summed E-state index contributed by atoms with van der Waals surface area (Å²) in [4.78, 5) is 4.26. The average molecular weight is 282 g/mol. The van der Waals surface area contributed by atoms with Crippen molar-refractivity contribution in [3.63, 3.8) is 0 Å². The molecule has 1 fully saturated rings. The second-order valence-electron chi connectivity index (χ2n) is 5.73. The number of nitrogens with zero attached hydrogens (tertiary/aromatic N) is 3. The zero-order valence-corrected chi connectivity index (χ0v) is 12.0. The summed E-state index contributed by atoms with van der Waals surface area (Å²) in [5, 5.41) is 8.63. The Morgan fingerprint density at radius 1 is 1.33 bits per heavy atom. The minimum atomic E-state index is 0.615. The molecule has 1 aliphatic carbocycles. The number of aromatic nitrogens is 3. The smallest absolute Gasteiger partial charge is 0.246 e. The Kier molecular flexibility index (Phi) is 3.00. The molecular formula is C16H18N4O. The molecule has 0 amide bonds. The van der Waals surface area contributed by atoms with E-state index < -0.39 is 0 Å². The van der Waals surface area contributed by atoms with Crippen molar-refractivity contribution < 1.29 is 4.52 Å². The molecule has 0 unspecified atom stereocenters. The molecule has 2 aromatic heterocycles. The van der Waals surface area contributed by atoms with Crippen LogP contribution in [0.4, 0.5) is 0 Å². The molecule has 0 spiro atoms. The Labute approximate surface area is 123 Å². The van der Waals surface area contributed by atoms with Gasteiger partial charge in [-0.1, -0.05) is 11.2 Å². The molecule has 1 saturated carbocycles. The van der Waals surface area contributed by atoms with E-state index >= 15 is 0 Å². The third-order valence-electron chi connectivity index (χ3n) is 3.88. The van der Waals surface area contributed by atoms with Crippen LogP contribution in [0.2, 0.25) is 0 Å². The minimum absolute atomic E-state index is 0.615. The van der Waals surface area contributed by atoms with Crippen LogP contribution in [0.15, 0.2) is 35.0 Å². The number of rotatable bonds is 5. The molecule has 5 nitrogen and oxygen atoms in total. The summed E-state index contributed by atoms with van der Waals surface area (Å²) in [5.41, 5.74) is 2.53. The van der Waals surface area contributed by atoms with Gasteiger partial charge in [-0.25, -0.2) is 0 Å². The molecule has 5 heteroatoms. The Morgan fingerprint density at radius 3 is 3.00 bits per heavy atom. The van der Waals surface area contributed by atoms with E-state index in [2.05, 4.69) is 50.5 Å². The van der Waals surface area contributed by atoms with Crippen LogP contribution in [0.1, 0.15) is 30.1 Å². The standard InChI is InChI=1S/C16H18N4O/c1-11-18-16(21-19-11)10-20-7-6-13-8-12(2-5-15(13)20)9-17-14-3-4-14/h2,5-8,14,17H,3-4,9-10H2,1H3. The van der Waals surface area contributed by atoms with E-state index in [0.29, 0.717) is 18.3 Å². The maximum absolute atomic E-state index is 5.19. The monoisotopic (exact) mass is 282 g/mol. The van der Waals surface area contributed by atoms with Gasteiger partial charge in [-0.05, 0) is 48.9 Å². The number of hydrogen-bond donors (Lipinski definition) is 1. The maximum atomic E-state index is 5.19. The first-order chi connectivity index (χ1) is 10.3. The van der Waals surface area contributed by atoms with Crippen molar-refractivity contribution in [2.75, 3.05) is 0 Å². The Balaban J connectivity index is 1.56. The average Bonchev–Trinajstić information content (AvgIpc) is 3.11. The molecule has 0 bridgehead atoms. The van der Waals surface area contributed by atoms with Gasteiger partial charge >= 0.3 is 0 Å². The fraction of sp³-hybridized carbons (Fsp3) is 0.375. The zero-order valence-electron chi connectivity index (χ0n) is 12.0. The minimum Gasteiger partial charge on any atom is -0.338 e. The molecule has 1 aromatic carbocycles. The largest absolute Gasteiger partial charge is 0.338 e. The van der Waals surface area contributed by atoms with E-state index in [4.69, 9.17) is 4.52 Å². The third kappa shape index (κ3) is 2.69. The summed E-state index contributed by atoms with van der Waals surface area (Å²) in [6.07, 6.45) is 4.72. The van der Waals surface area contributed by atoms with Crippen LogP contribution in [0, 0.1) is 6.92 Å². The number of nitrogens with one attached hydrogen (secondary N) is 1. The fourth-order valence-electron chi connectivity index (χ4n) is 2.60. The first-order valence-electron chi connectivity index (χ1n) is 7.38. The van der Waals surface area contributed by atoms with E-state index in [1.807, 2.05) is 6.92 Å². The molecular weight excluding hydrogens is 264 g/mol. The SMILES string of the molecule is Cc1noc(Cn2ccc3cc(CNC4CC4)ccc32)n1. The highest BCUT2D eigenvalue weighted by Gasteiger charge is 2.19. The first kappa shape index (κ1) is 12.6. The van der Waals surface area contributed by atoms with Gasteiger partial charge in [0.05, 0.1) is 0 Å². The van der Waals surface area contributed by atoms with Crippen LogP contribution < -0.4 is 5.32 Å². The van der Waals surface area contributed by atoms with Gasteiger partial charge in [0, 0.05) is 24.3 Å². The van der Waals surface area contributed by atoms with Crippen LogP contribution in [-0.2, 0) is 13.1 Å². The Bertz CT molecular complexity index is 770. The highest BCUT2D eigenvalue weighted by molar-refractivity contribution is 5.80. The lowest BCUT2D eigenvalue weighted by Crippen LogP contribution is -2.15. The molecule has 21 heavy (non-hydrogen) atoms. The number of fused-ring (bicyclic) bond motifs is 1. The van der Waals surface area contributed by atoms with Gasteiger partial charge in [0.2, 0.25) is 5.89 Å². The summed E-state index contributed by atoms with van der Waals surface area (Å²) in [6, 6.07) is 9.49. The highest BCUT2D eigenvalue weighted by Crippen LogP contribution is 2.21. The van der Waals surface area contributed by atoms with Gasteiger partial charge in [0.25, 0.3) is 0 Å². The maximum Gasteiger partial charge on any atom is 0.246 e. The van der Waals surface area contributed by atoms with Gasteiger partial charge < -0.3 is 14.4 Å². The number of benzene rings is 1. The fourth-order valence-corrected chi connectivity index (χ4v) is 2.60. The summed E-state index contributed by atoms with van der Waals surface area (Å²) >= 11 is 0. The molecule has 0 saturated heterocycles. The molecule has 0 atom stereocenters.